The fraction of sp³-hybridized carbons (Fsp3) is 0.600. The maximum Gasteiger partial charge on any atom is 0.306 e. The minimum Gasteiger partial charge on any atom is -0.481 e. The van der Waals surface area contributed by atoms with Crippen LogP contribution >= 0.6 is 34.8 Å². The normalized spacial score (nSPS) is 12.7. The summed E-state index contributed by atoms with van der Waals surface area (Å²) in [6.45, 7) is 2.98. The van der Waals surface area contributed by atoms with Crippen molar-refractivity contribution in [1.82, 2.24) is 0 Å². The fourth-order valence-corrected chi connectivity index (χ4v) is 1.19. The van der Waals surface area contributed by atoms with E-state index in [0.717, 1.165) is 0 Å². The number of hydrogen-bond acceptors (Lipinski definition) is 4. The van der Waals surface area contributed by atoms with Gasteiger partial charge in [-0.2, -0.15) is 0 Å². The van der Waals surface area contributed by atoms with E-state index in [1.807, 2.05) is 0 Å². The molecule has 0 fully saturated rings. The SMILES string of the molecule is CC(CC(=O)Cl)C(=O)Cl.CC(CC(=O)Cl)C(=O)O. The van der Waals surface area contributed by atoms with Gasteiger partial charge in [0.05, 0.1) is 5.92 Å². The average Bonchev–Trinajstić information content (AvgIpc) is 2.16. The summed E-state index contributed by atoms with van der Waals surface area (Å²) in [5.41, 5.74) is 0. The van der Waals surface area contributed by atoms with Crippen LogP contribution in [0.5, 0.6) is 0 Å². The number of carboxylic acids is 1. The van der Waals surface area contributed by atoms with Crippen LogP contribution in [0.3, 0.4) is 0 Å². The van der Waals surface area contributed by atoms with E-state index in [1.165, 1.54) is 6.92 Å². The van der Waals surface area contributed by atoms with Gasteiger partial charge in [0, 0.05) is 18.8 Å². The highest BCUT2D eigenvalue weighted by Gasteiger charge is 2.13. The van der Waals surface area contributed by atoms with Gasteiger partial charge in [-0.15, -0.1) is 0 Å². The number of carboxylic acid groups (broad SMARTS) is 1. The Morgan fingerprint density at radius 1 is 0.889 bits per heavy atom. The highest BCUT2D eigenvalue weighted by atomic mass is 35.5. The summed E-state index contributed by atoms with van der Waals surface area (Å²) in [5.74, 6) is -2.13. The third kappa shape index (κ3) is 13.4. The molecule has 0 bridgehead atoms. The van der Waals surface area contributed by atoms with Gasteiger partial charge < -0.3 is 5.11 Å². The Labute approximate surface area is 119 Å². The first-order chi connectivity index (χ1) is 8.07. The third-order valence-electron chi connectivity index (χ3n) is 1.74. The summed E-state index contributed by atoms with van der Waals surface area (Å²) >= 11 is 14.9. The first-order valence-electron chi connectivity index (χ1n) is 4.86. The lowest BCUT2D eigenvalue weighted by Crippen LogP contribution is -2.11. The van der Waals surface area contributed by atoms with Gasteiger partial charge in [0.25, 0.3) is 0 Å². The van der Waals surface area contributed by atoms with Crippen LogP contribution in [0, 0.1) is 11.8 Å². The number of aliphatic carboxylic acids is 1. The Kier molecular flexibility index (Phi) is 11.3. The van der Waals surface area contributed by atoms with Crippen molar-refractivity contribution in [1.29, 1.82) is 0 Å². The summed E-state index contributed by atoms with van der Waals surface area (Å²) in [5, 5.41) is 6.56. The summed E-state index contributed by atoms with van der Waals surface area (Å²) in [6.07, 6.45) is -0.0826. The lowest BCUT2D eigenvalue weighted by molar-refractivity contribution is -0.142. The second kappa shape index (κ2) is 10.3. The van der Waals surface area contributed by atoms with Crippen LogP contribution in [-0.4, -0.2) is 26.8 Å². The Balaban J connectivity index is 0. The summed E-state index contributed by atoms with van der Waals surface area (Å²) in [4.78, 5) is 40.4. The maximum atomic E-state index is 10.2. The van der Waals surface area contributed by atoms with Crippen LogP contribution in [-0.2, 0) is 19.2 Å². The average molecular weight is 320 g/mol. The van der Waals surface area contributed by atoms with E-state index < -0.39 is 33.5 Å². The predicted molar refractivity (Wildman–Crippen MR) is 67.8 cm³/mol. The van der Waals surface area contributed by atoms with Crippen LogP contribution < -0.4 is 0 Å². The number of hydrogen-bond donors (Lipinski definition) is 1. The Morgan fingerprint density at radius 2 is 1.22 bits per heavy atom. The highest BCUT2D eigenvalue weighted by molar-refractivity contribution is 6.66. The van der Waals surface area contributed by atoms with Gasteiger partial charge >= 0.3 is 5.97 Å². The fourth-order valence-electron chi connectivity index (χ4n) is 0.649. The first kappa shape index (κ1) is 19.7. The topological polar surface area (TPSA) is 88.5 Å². The largest absolute Gasteiger partial charge is 0.481 e. The van der Waals surface area contributed by atoms with E-state index in [4.69, 9.17) is 39.9 Å². The monoisotopic (exact) mass is 318 g/mol. The van der Waals surface area contributed by atoms with Crippen LogP contribution in [0.4, 0.5) is 0 Å². The van der Waals surface area contributed by atoms with Gasteiger partial charge in [0.1, 0.15) is 0 Å². The number of carbonyl (C=O) groups is 4. The van der Waals surface area contributed by atoms with Crippen molar-refractivity contribution in [2.75, 3.05) is 0 Å². The molecule has 0 saturated carbocycles. The Hall–Kier alpha value is -0.650. The van der Waals surface area contributed by atoms with Crippen molar-refractivity contribution in [3.05, 3.63) is 0 Å². The standard InChI is InChI=1S/C5H6Cl2O2.C5H7ClO3/c1-3(5(7)9)2-4(6)8;1-3(5(8)9)2-4(6)7/h3H,2H2,1H3;3H,2H2,1H3,(H,8,9). The van der Waals surface area contributed by atoms with Crippen molar-refractivity contribution in [3.8, 4) is 0 Å². The molecular weight excluding hydrogens is 306 g/mol. The Morgan fingerprint density at radius 3 is 1.33 bits per heavy atom. The smallest absolute Gasteiger partial charge is 0.306 e. The van der Waals surface area contributed by atoms with Gasteiger partial charge in [-0.1, -0.05) is 13.8 Å². The van der Waals surface area contributed by atoms with E-state index in [2.05, 4.69) is 0 Å². The minimum absolute atomic E-state index is 0.0177. The molecule has 0 rings (SSSR count). The molecule has 2 atom stereocenters. The van der Waals surface area contributed by atoms with Crippen LogP contribution in [0.15, 0.2) is 0 Å². The molecule has 0 spiro atoms. The molecule has 5 nitrogen and oxygen atoms in total. The summed E-state index contributed by atoms with van der Waals surface area (Å²) < 4.78 is 0. The van der Waals surface area contributed by atoms with Crippen molar-refractivity contribution in [2.45, 2.75) is 26.7 Å². The highest BCUT2D eigenvalue weighted by Crippen LogP contribution is 2.07. The molecule has 1 N–H and O–H groups in total. The zero-order chi connectivity index (χ0) is 14.9. The zero-order valence-electron chi connectivity index (χ0n) is 9.78. The lowest BCUT2D eigenvalue weighted by Gasteiger charge is -1.98. The number of halogens is 3. The van der Waals surface area contributed by atoms with Crippen LogP contribution in [0.25, 0.3) is 0 Å². The van der Waals surface area contributed by atoms with Crippen molar-refractivity contribution in [2.24, 2.45) is 11.8 Å². The molecule has 0 amide bonds. The van der Waals surface area contributed by atoms with Crippen molar-refractivity contribution < 1.29 is 24.3 Å². The quantitative estimate of drug-likeness (QED) is 0.759. The molecule has 0 saturated heterocycles. The van der Waals surface area contributed by atoms with E-state index in [9.17, 15) is 19.2 Å². The van der Waals surface area contributed by atoms with Gasteiger partial charge in [-0.05, 0) is 34.8 Å². The maximum absolute atomic E-state index is 10.2. The minimum atomic E-state index is -0.996. The second-order valence-electron chi connectivity index (χ2n) is 3.56. The van der Waals surface area contributed by atoms with Gasteiger partial charge in [0.2, 0.25) is 15.7 Å². The molecule has 0 aromatic rings. The summed E-state index contributed by atoms with van der Waals surface area (Å²) in [7, 11) is 0. The first-order valence-corrected chi connectivity index (χ1v) is 6.00. The van der Waals surface area contributed by atoms with E-state index >= 15 is 0 Å². The second-order valence-corrected chi connectivity index (χ2v) is 4.78. The third-order valence-corrected chi connectivity index (χ3v) is 2.42. The predicted octanol–water partition coefficient (Wildman–Crippen LogP) is 2.41. The molecule has 18 heavy (non-hydrogen) atoms. The zero-order valence-corrected chi connectivity index (χ0v) is 12.1. The van der Waals surface area contributed by atoms with E-state index in [1.54, 1.807) is 6.92 Å². The molecule has 8 heteroatoms. The van der Waals surface area contributed by atoms with E-state index in [-0.39, 0.29) is 12.8 Å². The van der Waals surface area contributed by atoms with Crippen LogP contribution in [0.1, 0.15) is 26.7 Å². The van der Waals surface area contributed by atoms with Crippen LogP contribution in [0.2, 0.25) is 0 Å². The van der Waals surface area contributed by atoms with Gasteiger partial charge in [-0.3, -0.25) is 19.2 Å². The molecule has 0 aliphatic rings. The molecule has 2 unspecified atom stereocenters. The molecule has 0 radical (unpaired) electrons. The molecule has 0 aliphatic heterocycles. The number of carbonyl (C=O) groups excluding carboxylic acids is 3. The van der Waals surface area contributed by atoms with Crippen molar-refractivity contribution >= 4 is 56.5 Å². The molecule has 0 aliphatic carbocycles. The lowest BCUT2D eigenvalue weighted by atomic mass is 10.1. The molecule has 0 heterocycles. The van der Waals surface area contributed by atoms with Gasteiger partial charge in [-0.25, -0.2) is 0 Å². The van der Waals surface area contributed by atoms with Gasteiger partial charge in [0.15, 0.2) is 0 Å². The summed E-state index contributed by atoms with van der Waals surface area (Å²) in [6, 6.07) is 0. The molecule has 104 valence electrons. The number of rotatable bonds is 6. The molecule has 0 aromatic carbocycles. The molecule has 0 aromatic heterocycles. The van der Waals surface area contributed by atoms with E-state index in [0.29, 0.717) is 0 Å². The Bertz CT molecular complexity index is 297. The van der Waals surface area contributed by atoms with Crippen molar-refractivity contribution in [3.63, 3.8) is 0 Å². The molecular formula is C10H13Cl3O5.